The highest BCUT2D eigenvalue weighted by atomic mass is 16.3. The van der Waals surface area contributed by atoms with E-state index in [1.165, 1.54) is 37.9 Å². The molecule has 94 valence electrons. The standard InChI is InChI=1S/C14H22N2O/c15-10-14(17)13-6-4-12(5-7-13)11-16-8-2-1-3-9-16/h4-7,14,17H,1-3,8-11,15H2. The lowest BCUT2D eigenvalue weighted by molar-refractivity contribution is 0.186. The maximum absolute atomic E-state index is 9.61. The third-order valence-corrected chi connectivity index (χ3v) is 3.44. The molecule has 0 amide bonds. The second-order valence-electron chi connectivity index (χ2n) is 4.83. The van der Waals surface area contributed by atoms with Crippen LogP contribution in [0.4, 0.5) is 0 Å². The Bertz CT molecular complexity index is 331. The summed E-state index contributed by atoms with van der Waals surface area (Å²) in [5, 5.41) is 9.61. The first-order chi connectivity index (χ1) is 8.29. The lowest BCUT2D eigenvalue weighted by atomic mass is 10.1. The fourth-order valence-corrected chi connectivity index (χ4v) is 2.36. The molecule has 0 spiro atoms. The van der Waals surface area contributed by atoms with Crippen molar-refractivity contribution in [2.24, 2.45) is 5.73 Å². The summed E-state index contributed by atoms with van der Waals surface area (Å²) in [4.78, 5) is 2.50. The number of rotatable bonds is 4. The number of hydrogen-bond acceptors (Lipinski definition) is 3. The van der Waals surface area contributed by atoms with Crippen LogP contribution in [0.15, 0.2) is 24.3 Å². The number of likely N-dealkylation sites (tertiary alicyclic amines) is 1. The average Bonchev–Trinajstić information content (AvgIpc) is 2.40. The molecule has 1 heterocycles. The summed E-state index contributed by atoms with van der Waals surface area (Å²) in [6.45, 7) is 3.74. The van der Waals surface area contributed by atoms with Crippen molar-refractivity contribution in [2.75, 3.05) is 19.6 Å². The lowest BCUT2D eigenvalue weighted by Gasteiger charge is -2.26. The molecule has 3 heteroatoms. The number of nitrogens with two attached hydrogens (primary N) is 1. The van der Waals surface area contributed by atoms with Gasteiger partial charge in [0, 0.05) is 13.1 Å². The van der Waals surface area contributed by atoms with Crippen molar-refractivity contribution in [3.05, 3.63) is 35.4 Å². The Morgan fingerprint density at radius 2 is 1.76 bits per heavy atom. The van der Waals surface area contributed by atoms with Crippen molar-refractivity contribution >= 4 is 0 Å². The minimum absolute atomic E-state index is 0.283. The van der Waals surface area contributed by atoms with E-state index in [4.69, 9.17) is 5.73 Å². The molecule has 0 aromatic heterocycles. The van der Waals surface area contributed by atoms with Crippen molar-refractivity contribution in [2.45, 2.75) is 31.9 Å². The number of benzene rings is 1. The second kappa shape index (κ2) is 6.15. The largest absolute Gasteiger partial charge is 0.387 e. The Kier molecular flexibility index (Phi) is 4.54. The second-order valence-corrected chi connectivity index (χ2v) is 4.83. The van der Waals surface area contributed by atoms with Crippen LogP contribution in [0, 0.1) is 0 Å². The van der Waals surface area contributed by atoms with Gasteiger partial charge < -0.3 is 10.8 Å². The minimum atomic E-state index is -0.529. The van der Waals surface area contributed by atoms with Gasteiger partial charge in [0.1, 0.15) is 0 Å². The van der Waals surface area contributed by atoms with Gasteiger partial charge in [-0.25, -0.2) is 0 Å². The van der Waals surface area contributed by atoms with Crippen molar-refractivity contribution in [3.8, 4) is 0 Å². The van der Waals surface area contributed by atoms with E-state index in [1.54, 1.807) is 0 Å². The molecule has 1 aliphatic heterocycles. The van der Waals surface area contributed by atoms with E-state index in [-0.39, 0.29) is 6.54 Å². The van der Waals surface area contributed by atoms with Gasteiger partial charge in [0.25, 0.3) is 0 Å². The highest BCUT2D eigenvalue weighted by molar-refractivity contribution is 5.24. The van der Waals surface area contributed by atoms with Crippen LogP contribution in [0.3, 0.4) is 0 Å². The molecule has 1 fully saturated rings. The topological polar surface area (TPSA) is 49.5 Å². The van der Waals surface area contributed by atoms with Crippen LogP contribution in [0.1, 0.15) is 36.5 Å². The van der Waals surface area contributed by atoms with E-state index in [1.807, 2.05) is 12.1 Å². The monoisotopic (exact) mass is 234 g/mol. The van der Waals surface area contributed by atoms with E-state index in [2.05, 4.69) is 17.0 Å². The maximum atomic E-state index is 9.61. The molecule has 1 atom stereocenters. The normalized spacial score (nSPS) is 19.2. The maximum Gasteiger partial charge on any atom is 0.0912 e. The van der Waals surface area contributed by atoms with Gasteiger partial charge in [-0.3, -0.25) is 4.90 Å². The first-order valence-electron chi connectivity index (χ1n) is 6.49. The number of hydrogen-bond donors (Lipinski definition) is 2. The van der Waals surface area contributed by atoms with Crippen LogP contribution in [-0.4, -0.2) is 29.6 Å². The molecular formula is C14H22N2O. The smallest absolute Gasteiger partial charge is 0.0912 e. The Morgan fingerprint density at radius 1 is 1.12 bits per heavy atom. The third-order valence-electron chi connectivity index (χ3n) is 3.44. The lowest BCUT2D eigenvalue weighted by Crippen LogP contribution is -2.29. The van der Waals surface area contributed by atoms with Gasteiger partial charge in [0.05, 0.1) is 6.10 Å². The van der Waals surface area contributed by atoms with E-state index < -0.39 is 6.10 Å². The Balaban J connectivity index is 1.93. The minimum Gasteiger partial charge on any atom is -0.387 e. The Hall–Kier alpha value is -0.900. The van der Waals surface area contributed by atoms with Crippen LogP contribution in [0.2, 0.25) is 0 Å². The summed E-state index contributed by atoms with van der Waals surface area (Å²) in [5.74, 6) is 0. The summed E-state index contributed by atoms with van der Waals surface area (Å²) >= 11 is 0. The molecule has 1 unspecified atom stereocenters. The Morgan fingerprint density at radius 3 is 2.35 bits per heavy atom. The number of piperidine rings is 1. The van der Waals surface area contributed by atoms with Crippen molar-refractivity contribution < 1.29 is 5.11 Å². The van der Waals surface area contributed by atoms with Gasteiger partial charge in [-0.15, -0.1) is 0 Å². The van der Waals surface area contributed by atoms with Crippen LogP contribution in [-0.2, 0) is 6.54 Å². The van der Waals surface area contributed by atoms with Gasteiger partial charge in [0.15, 0.2) is 0 Å². The first kappa shape index (κ1) is 12.6. The number of nitrogens with zero attached hydrogens (tertiary/aromatic N) is 1. The molecule has 1 aliphatic rings. The molecule has 0 radical (unpaired) electrons. The summed E-state index contributed by atoms with van der Waals surface area (Å²) in [6, 6.07) is 8.17. The third kappa shape index (κ3) is 3.53. The van der Waals surface area contributed by atoms with Gasteiger partial charge in [-0.2, -0.15) is 0 Å². The molecule has 0 saturated carbocycles. The number of aliphatic hydroxyl groups excluding tert-OH is 1. The highest BCUT2D eigenvalue weighted by Crippen LogP contribution is 2.16. The molecule has 0 aliphatic carbocycles. The summed E-state index contributed by atoms with van der Waals surface area (Å²) in [6.07, 6.45) is 3.49. The quantitative estimate of drug-likeness (QED) is 0.833. The van der Waals surface area contributed by atoms with Gasteiger partial charge in [-0.05, 0) is 37.1 Å². The summed E-state index contributed by atoms with van der Waals surface area (Å²) < 4.78 is 0. The molecule has 3 nitrogen and oxygen atoms in total. The van der Waals surface area contributed by atoms with E-state index in [0.717, 1.165) is 12.1 Å². The fraction of sp³-hybridized carbons (Fsp3) is 0.571. The van der Waals surface area contributed by atoms with Gasteiger partial charge in [0.2, 0.25) is 0 Å². The zero-order chi connectivity index (χ0) is 12.1. The van der Waals surface area contributed by atoms with Gasteiger partial charge >= 0.3 is 0 Å². The summed E-state index contributed by atoms with van der Waals surface area (Å²) in [5.41, 5.74) is 7.66. The molecule has 0 bridgehead atoms. The molecule has 1 aromatic carbocycles. The van der Waals surface area contributed by atoms with E-state index in [9.17, 15) is 5.11 Å². The Labute approximate surface area is 103 Å². The zero-order valence-electron chi connectivity index (χ0n) is 10.3. The average molecular weight is 234 g/mol. The zero-order valence-corrected chi connectivity index (χ0v) is 10.3. The molecule has 3 N–H and O–H groups in total. The predicted octanol–water partition coefficient (Wildman–Crippen LogP) is 1.66. The molecule has 1 aromatic rings. The SMILES string of the molecule is NCC(O)c1ccc(CN2CCCCC2)cc1. The first-order valence-corrected chi connectivity index (χ1v) is 6.49. The van der Waals surface area contributed by atoms with Crippen LogP contribution in [0.5, 0.6) is 0 Å². The van der Waals surface area contributed by atoms with Crippen LogP contribution >= 0.6 is 0 Å². The molecule has 2 rings (SSSR count). The summed E-state index contributed by atoms with van der Waals surface area (Å²) in [7, 11) is 0. The van der Waals surface area contributed by atoms with Crippen molar-refractivity contribution in [1.29, 1.82) is 0 Å². The molecular weight excluding hydrogens is 212 g/mol. The predicted molar refractivity (Wildman–Crippen MR) is 69.6 cm³/mol. The van der Waals surface area contributed by atoms with Crippen molar-refractivity contribution in [1.82, 2.24) is 4.90 Å². The molecule has 17 heavy (non-hydrogen) atoms. The number of aliphatic hydroxyl groups is 1. The van der Waals surface area contributed by atoms with E-state index >= 15 is 0 Å². The van der Waals surface area contributed by atoms with Crippen LogP contribution < -0.4 is 5.73 Å². The van der Waals surface area contributed by atoms with Crippen molar-refractivity contribution in [3.63, 3.8) is 0 Å². The van der Waals surface area contributed by atoms with E-state index in [0.29, 0.717) is 0 Å². The highest BCUT2D eigenvalue weighted by Gasteiger charge is 2.10. The fourth-order valence-electron chi connectivity index (χ4n) is 2.36. The van der Waals surface area contributed by atoms with Crippen LogP contribution in [0.25, 0.3) is 0 Å². The van der Waals surface area contributed by atoms with Gasteiger partial charge in [-0.1, -0.05) is 30.7 Å². The molecule has 1 saturated heterocycles.